The summed E-state index contributed by atoms with van der Waals surface area (Å²) in [5.74, 6) is -0.571. The van der Waals surface area contributed by atoms with E-state index >= 15 is 0 Å². The highest BCUT2D eigenvalue weighted by molar-refractivity contribution is 5.87. The molecule has 0 fully saturated rings. The normalized spacial score (nSPS) is 11.2. The molecule has 1 N–H and O–H groups in total. The monoisotopic (exact) mass is 286 g/mol. The molecular formula is C16H18N2O3. The van der Waals surface area contributed by atoms with Gasteiger partial charge in [0.2, 0.25) is 5.69 Å². The molecule has 0 aliphatic carbocycles. The summed E-state index contributed by atoms with van der Waals surface area (Å²) < 4.78 is 5.73. The van der Waals surface area contributed by atoms with Crippen LogP contribution in [0.1, 0.15) is 42.4 Å². The van der Waals surface area contributed by atoms with Crippen LogP contribution in [0.3, 0.4) is 0 Å². The Kier molecular flexibility index (Phi) is 3.93. The average Bonchev–Trinajstić information content (AvgIpc) is 2.40. The van der Waals surface area contributed by atoms with Crippen LogP contribution in [0.4, 0.5) is 0 Å². The van der Waals surface area contributed by atoms with Gasteiger partial charge in [-0.2, -0.15) is 0 Å². The lowest BCUT2D eigenvalue weighted by Gasteiger charge is -2.23. The third-order valence-electron chi connectivity index (χ3n) is 3.02. The lowest BCUT2D eigenvalue weighted by atomic mass is 9.85. The van der Waals surface area contributed by atoms with E-state index in [1.54, 1.807) is 0 Å². The van der Waals surface area contributed by atoms with Crippen molar-refractivity contribution in [3.05, 3.63) is 47.4 Å². The molecule has 0 aliphatic heterocycles. The first-order valence-corrected chi connectivity index (χ1v) is 6.62. The second-order valence-electron chi connectivity index (χ2n) is 5.87. The summed E-state index contributed by atoms with van der Waals surface area (Å²) in [5, 5.41) is 9.13. The van der Waals surface area contributed by atoms with Gasteiger partial charge in [0.25, 0.3) is 5.88 Å². The van der Waals surface area contributed by atoms with Crippen molar-refractivity contribution in [1.29, 1.82) is 0 Å². The number of carbonyl (C=O) groups is 1. The summed E-state index contributed by atoms with van der Waals surface area (Å²) in [7, 11) is 0. The first kappa shape index (κ1) is 15.0. The van der Waals surface area contributed by atoms with Crippen LogP contribution < -0.4 is 4.74 Å². The van der Waals surface area contributed by atoms with Gasteiger partial charge < -0.3 is 9.84 Å². The fourth-order valence-electron chi connectivity index (χ4n) is 1.97. The first-order valence-electron chi connectivity index (χ1n) is 6.62. The summed E-state index contributed by atoms with van der Waals surface area (Å²) in [6, 6.07) is 5.78. The van der Waals surface area contributed by atoms with Crippen LogP contribution in [-0.4, -0.2) is 21.0 Å². The smallest absolute Gasteiger partial charge is 0.360 e. The molecule has 110 valence electrons. The molecule has 0 saturated heterocycles. The van der Waals surface area contributed by atoms with Crippen LogP contribution >= 0.6 is 0 Å². The number of ether oxygens (including phenoxy) is 1. The number of aromatic carboxylic acids is 1. The standard InChI is InChI=1S/C16H18N2O3/c1-10-5-6-12(11(9-10)16(2,3)4)21-14-13(15(19)20)17-7-8-18-14/h5-9H,1-4H3,(H,19,20). The summed E-state index contributed by atoms with van der Waals surface area (Å²) in [5.41, 5.74) is 1.78. The van der Waals surface area contributed by atoms with E-state index in [4.69, 9.17) is 9.84 Å². The number of hydrogen-bond donors (Lipinski definition) is 1. The third kappa shape index (κ3) is 3.37. The Hall–Kier alpha value is -2.43. The number of hydrogen-bond acceptors (Lipinski definition) is 4. The minimum absolute atomic E-state index is 0.000599. The van der Waals surface area contributed by atoms with Gasteiger partial charge in [0.15, 0.2) is 0 Å². The molecule has 0 atom stereocenters. The van der Waals surface area contributed by atoms with Gasteiger partial charge in [-0.05, 0) is 18.4 Å². The van der Waals surface area contributed by atoms with Crippen LogP contribution in [0, 0.1) is 6.92 Å². The molecule has 1 aromatic heterocycles. The first-order chi connectivity index (χ1) is 9.79. The number of carboxylic acid groups (broad SMARTS) is 1. The summed E-state index contributed by atoms with van der Waals surface area (Å²) >= 11 is 0. The molecule has 5 heteroatoms. The lowest BCUT2D eigenvalue weighted by molar-refractivity contribution is 0.0686. The summed E-state index contributed by atoms with van der Waals surface area (Å²) in [6.07, 6.45) is 2.74. The van der Waals surface area contributed by atoms with E-state index in [1.807, 2.05) is 25.1 Å². The maximum absolute atomic E-state index is 11.2. The number of rotatable bonds is 3. The van der Waals surface area contributed by atoms with Crippen molar-refractivity contribution in [1.82, 2.24) is 9.97 Å². The number of benzene rings is 1. The highest BCUT2D eigenvalue weighted by atomic mass is 16.5. The number of carboxylic acids is 1. The van der Waals surface area contributed by atoms with Crippen LogP contribution in [0.2, 0.25) is 0 Å². The van der Waals surface area contributed by atoms with Crippen molar-refractivity contribution >= 4 is 5.97 Å². The second kappa shape index (κ2) is 5.52. The minimum Gasteiger partial charge on any atom is -0.476 e. The molecule has 2 aromatic rings. The number of nitrogens with zero attached hydrogens (tertiary/aromatic N) is 2. The molecule has 5 nitrogen and oxygen atoms in total. The van der Waals surface area contributed by atoms with E-state index < -0.39 is 5.97 Å². The summed E-state index contributed by atoms with van der Waals surface area (Å²) in [6.45, 7) is 8.22. The SMILES string of the molecule is Cc1ccc(Oc2nccnc2C(=O)O)c(C(C)(C)C)c1. The zero-order valence-corrected chi connectivity index (χ0v) is 12.5. The molecule has 0 saturated carbocycles. The zero-order valence-electron chi connectivity index (χ0n) is 12.5. The van der Waals surface area contributed by atoms with E-state index in [0.29, 0.717) is 5.75 Å². The Morgan fingerprint density at radius 3 is 2.48 bits per heavy atom. The quantitative estimate of drug-likeness (QED) is 0.933. The second-order valence-corrected chi connectivity index (χ2v) is 5.87. The maximum Gasteiger partial charge on any atom is 0.360 e. The van der Waals surface area contributed by atoms with Gasteiger partial charge in [-0.25, -0.2) is 14.8 Å². The largest absolute Gasteiger partial charge is 0.476 e. The Bertz CT molecular complexity index is 675. The molecule has 1 aromatic carbocycles. The van der Waals surface area contributed by atoms with Crippen molar-refractivity contribution < 1.29 is 14.6 Å². The minimum atomic E-state index is -1.16. The predicted molar refractivity (Wildman–Crippen MR) is 78.9 cm³/mol. The Morgan fingerprint density at radius 1 is 1.19 bits per heavy atom. The molecular weight excluding hydrogens is 268 g/mol. The van der Waals surface area contributed by atoms with Gasteiger partial charge in [-0.3, -0.25) is 0 Å². The van der Waals surface area contributed by atoms with E-state index in [-0.39, 0.29) is 17.0 Å². The molecule has 0 aliphatic rings. The zero-order chi connectivity index (χ0) is 15.6. The topological polar surface area (TPSA) is 72.3 Å². The fourth-order valence-corrected chi connectivity index (χ4v) is 1.97. The van der Waals surface area contributed by atoms with E-state index in [2.05, 4.69) is 30.7 Å². The molecule has 21 heavy (non-hydrogen) atoms. The van der Waals surface area contributed by atoms with Crippen molar-refractivity contribution in [2.75, 3.05) is 0 Å². The highest BCUT2D eigenvalue weighted by Crippen LogP contribution is 2.34. The van der Waals surface area contributed by atoms with Gasteiger partial charge in [0.1, 0.15) is 5.75 Å². The Labute approximate surface area is 123 Å². The van der Waals surface area contributed by atoms with Gasteiger partial charge >= 0.3 is 5.97 Å². The number of aromatic nitrogens is 2. The average molecular weight is 286 g/mol. The molecule has 0 amide bonds. The fraction of sp³-hybridized carbons (Fsp3) is 0.312. The Balaban J connectivity index is 2.48. The van der Waals surface area contributed by atoms with Gasteiger partial charge in [-0.15, -0.1) is 0 Å². The van der Waals surface area contributed by atoms with Crippen molar-refractivity contribution in [3.8, 4) is 11.6 Å². The van der Waals surface area contributed by atoms with Crippen LogP contribution in [0.5, 0.6) is 11.6 Å². The van der Waals surface area contributed by atoms with E-state index in [0.717, 1.165) is 11.1 Å². The molecule has 0 unspecified atom stereocenters. The molecule has 1 heterocycles. The molecule has 0 radical (unpaired) electrons. The van der Waals surface area contributed by atoms with E-state index in [1.165, 1.54) is 12.4 Å². The lowest BCUT2D eigenvalue weighted by Crippen LogP contribution is -2.13. The molecule has 0 spiro atoms. The van der Waals surface area contributed by atoms with Crippen molar-refractivity contribution in [2.24, 2.45) is 0 Å². The van der Waals surface area contributed by atoms with E-state index in [9.17, 15) is 4.79 Å². The summed E-state index contributed by atoms with van der Waals surface area (Å²) in [4.78, 5) is 18.9. The predicted octanol–water partition coefficient (Wildman–Crippen LogP) is 3.57. The van der Waals surface area contributed by atoms with Crippen LogP contribution in [-0.2, 0) is 5.41 Å². The Morgan fingerprint density at radius 2 is 1.86 bits per heavy atom. The number of aryl methyl sites for hydroxylation is 1. The van der Waals surface area contributed by atoms with Crippen LogP contribution in [0.15, 0.2) is 30.6 Å². The molecule has 0 bridgehead atoms. The van der Waals surface area contributed by atoms with Crippen molar-refractivity contribution in [2.45, 2.75) is 33.1 Å². The van der Waals surface area contributed by atoms with Crippen molar-refractivity contribution in [3.63, 3.8) is 0 Å². The van der Waals surface area contributed by atoms with Gasteiger partial charge in [0.05, 0.1) is 0 Å². The van der Waals surface area contributed by atoms with Gasteiger partial charge in [-0.1, -0.05) is 38.5 Å². The van der Waals surface area contributed by atoms with Crippen LogP contribution in [0.25, 0.3) is 0 Å². The van der Waals surface area contributed by atoms with Gasteiger partial charge in [0, 0.05) is 18.0 Å². The third-order valence-corrected chi connectivity index (χ3v) is 3.02. The highest BCUT2D eigenvalue weighted by Gasteiger charge is 2.22. The maximum atomic E-state index is 11.2. The molecule has 2 rings (SSSR count).